The predicted molar refractivity (Wildman–Crippen MR) is 302 cm³/mol. The minimum absolute atomic E-state index is 0.0487. The van der Waals surface area contributed by atoms with Gasteiger partial charge in [-0.15, -0.1) is 0 Å². The van der Waals surface area contributed by atoms with Crippen molar-refractivity contribution in [3.05, 3.63) is 71.3 Å². The number of methoxy groups -OCH3 is 1. The SMILES string of the molecule is COC(=O)[C@@]1(C)CC[C@]2(C)CC[C@]3(C)C(=CC(=O)[C@@H]4[C@@]5(C)CC[C@H](O[C@H]6O[C@H](C(=O)N/N=C/c7ccc(N(C)C)cc7)[C@@H](O)[C@H](O)[C@H]6O[C@@H]6O[C@H](C(=O)N/N=C/c7ccc(N(C)C)cc7)[C@@H](O)[C@H](O)[C@H]6O)C(C)(C)[C@@H]5CC[C@]43C)[C@@H]2C1. The normalized spacial score (nSPS) is 41.0. The van der Waals surface area contributed by atoms with Gasteiger partial charge in [0.25, 0.3) is 11.8 Å². The second-order valence-electron chi connectivity index (χ2n) is 26.6. The predicted octanol–water partition coefficient (Wildman–Crippen LogP) is 4.60. The Kier molecular flexibility index (Phi) is 16.7. The number of rotatable bonds is 13. The Morgan fingerprint density at radius 1 is 0.654 bits per heavy atom. The number of esters is 1. The highest BCUT2D eigenvalue weighted by atomic mass is 16.8. The van der Waals surface area contributed by atoms with Crippen LogP contribution in [0.5, 0.6) is 0 Å². The summed E-state index contributed by atoms with van der Waals surface area (Å²) >= 11 is 0. The van der Waals surface area contributed by atoms with E-state index >= 15 is 4.79 Å². The van der Waals surface area contributed by atoms with Crippen LogP contribution in [0.2, 0.25) is 0 Å². The van der Waals surface area contributed by atoms with Crippen molar-refractivity contribution in [2.75, 3.05) is 45.1 Å². The van der Waals surface area contributed by atoms with Gasteiger partial charge in [0.05, 0.1) is 31.1 Å². The molecule has 444 valence electrons. The van der Waals surface area contributed by atoms with E-state index < -0.39 is 101 Å². The first-order chi connectivity index (χ1) is 38.0. The van der Waals surface area contributed by atoms with Crippen molar-refractivity contribution in [1.29, 1.82) is 0 Å². The standard InChI is InChI=1S/C61H86N6O14/c1-56(2)40-21-24-61(7)50(39(68)29-37-38-30-58(4,55(76)77-12)26-25-57(38,3)27-28-60(37,61)6)59(40,5)23-22-41(56)78-54-49(45(72)44(71)48(80-54)52(75)65-63-32-34-15-19-36(20-16-34)67(10)11)81-53-46(73)42(69)43(70)47(79-53)51(74)64-62-31-33-13-17-35(18-14-33)66(8)9/h13-20,29,31-32,38,40-50,53-54,69-73H,21-28,30H2,1-12H3,(H,64,74)(H,65,75)/b62-31+,63-32+/t38-,40-,41-,42-,43-,44-,45-,46+,47-,48-,49+,50+,53-,54-,57+,58-,59-,60+,61+/m0/s1. The summed E-state index contributed by atoms with van der Waals surface area (Å²) in [4.78, 5) is 59.9. The highest BCUT2D eigenvalue weighted by Crippen LogP contribution is 2.75. The second kappa shape index (κ2) is 22.4. The smallest absolute Gasteiger partial charge is 0.311 e. The first-order valence-corrected chi connectivity index (χ1v) is 28.6. The van der Waals surface area contributed by atoms with Gasteiger partial charge in [0, 0.05) is 45.5 Å². The van der Waals surface area contributed by atoms with Crippen LogP contribution in [-0.4, -0.2) is 164 Å². The molecule has 81 heavy (non-hydrogen) atoms. The highest BCUT2D eigenvalue weighted by molar-refractivity contribution is 5.96. The Balaban J connectivity index is 0.975. The molecule has 9 rings (SSSR count). The van der Waals surface area contributed by atoms with Gasteiger partial charge in [-0.25, -0.2) is 10.9 Å². The molecule has 19 atom stereocenters. The van der Waals surface area contributed by atoms with E-state index in [0.29, 0.717) is 30.4 Å². The van der Waals surface area contributed by atoms with E-state index in [2.05, 4.69) is 62.6 Å². The average Bonchev–Trinajstić information content (AvgIpc) is 1.51. The quantitative estimate of drug-likeness (QED) is 0.0625. The Morgan fingerprint density at radius 2 is 1.19 bits per heavy atom. The maximum Gasteiger partial charge on any atom is 0.311 e. The van der Waals surface area contributed by atoms with Crippen LogP contribution in [0.25, 0.3) is 0 Å². The largest absolute Gasteiger partial charge is 0.469 e. The number of ether oxygens (including phenoxy) is 5. The van der Waals surface area contributed by atoms with Crippen LogP contribution >= 0.6 is 0 Å². The molecular weight excluding hydrogens is 1040 g/mol. The molecule has 7 aliphatic rings. The van der Waals surface area contributed by atoms with Gasteiger partial charge >= 0.3 is 5.97 Å². The summed E-state index contributed by atoms with van der Waals surface area (Å²) in [6, 6.07) is 14.7. The molecule has 2 amide bonds. The number of hydrogen-bond donors (Lipinski definition) is 7. The van der Waals surface area contributed by atoms with Crippen molar-refractivity contribution in [1.82, 2.24) is 10.9 Å². The first kappa shape index (κ1) is 60.4. The number of anilines is 2. The average molecular weight is 1130 g/mol. The molecule has 4 saturated carbocycles. The molecule has 2 aromatic rings. The van der Waals surface area contributed by atoms with Crippen LogP contribution in [0.1, 0.15) is 117 Å². The third kappa shape index (κ3) is 10.7. The molecule has 0 radical (unpaired) electrons. The Morgan fingerprint density at radius 3 is 1.73 bits per heavy atom. The van der Waals surface area contributed by atoms with Crippen LogP contribution in [0.15, 0.2) is 70.4 Å². The van der Waals surface area contributed by atoms with E-state index in [4.69, 9.17) is 23.7 Å². The second-order valence-corrected chi connectivity index (χ2v) is 26.6. The lowest BCUT2D eigenvalue weighted by Gasteiger charge is -2.70. The Bertz CT molecular complexity index is 2770. The molecular formula is C61H86N6O14. The minimum atomic E-state index is -2.01. The fourth-order valence-electron chi connectivity index (χ4n) is 15.8. The Hall–Kier alpha value is -5.16. The summed E-state index contributed by atoms with van der Waals surface area (Å²) < 4.78 is 30.8. The molecule has 2 heterocycles. The van der Waals surface area contributed by atoms with Crippen molar-refractivity contribution in [2.45, 2.75) is 174 Å². The van der Waals surface area contributed by atoms with Crippen LogP contribution in [0.4, 0.5) is 11.4 Å². The van der Waals surface area contributed by atoms with Gasteiger partial charge in [0.1, 0.15) is 36.6 Å². The fraction of sp³-hybridized carbons (Fsp3) is 0.672. The topological polar surface area (TPSA) is 271 Å². The van der Waals surface area contributed by atoms with Crippen LogP contribution in [0.3, 0.4) is 0 Å². The number of allylic oxidation sites excluding steroid dienone is 2. The van der Waals surface area contributed by atoms with Gasteiger partial charge in [0.2, 0.25) is 0 Å². The minimum Gasteiger partial charge on any atom is -0.469 e. The molecule has 2 aromatic carbocycles. The van der Waals surface area contributed by atoms with Gasteiger partial charge in [0.15, 0.2) is 30.6 Å². The molecule has 7 N–H and O–H groups in total. The van der Waals surface area contributed by atoms with Crippen molar-refractivity contribution in [3.8, 4) is 0 Å². The van der Waals surface area contributed by atoms with E-state index in [1.165, 1.54) is 25.1 Å². The lowest BCUT2D eigenvalue weighted by molar-refractivity contribution is -0.369. The van der Waals surface area contributed by atoms with Crippen molar-refractivity contribution >= 4 is 47.4 Å². The monoisotopic (exact) mass is 1130 g/mol. The maximum atomic E-state index is 15.3. The third-order valence-corrected chi connectivity index (χ3v) is 21.0. The van der Waals surface area contributed by atoms with E-state index in [0.717, 1.165) is 49.9 Å². The number of carbonyl (C=O) groups is 4. The van der Waals surface area contributed by atoms with Gasteiger partial charge in [-0.3, -0.25) is 19.2 Å². The van der Waals surface area contributed by atoms with Gasteiger partial charge in [-0.2, -0.15) is 10.2 Å². The number of nitrogens with one attached hydrogen (secondary N) is 2. The number of hydrazone groups is 2. The van der Waals surface area contributed by atoms with E-state index in [9.17, 15) is 39.9 Å². The van der Waals surface area contributed by atoms with Crippen molar-refractivity contribution < 1.29 is 68.4 Å². The van der Waals surface area contributed by atoms with E-state index in [1.54, 1.807) is 12.1 Å². The lowest BCUT2D eigenvalue weighted by atomic mass is 9.33. The number of carbonyl (C=O) groups excluding carboxylic acids is 4. The Labute approximate surface area is 475 Å². The maximum absolute atomic E-state index is 15.3. The molecule has 0 unspecified atom stereocenters. The summed E-state index contributed by atoms with van der Waals surface area (Å²) in [5.41, 5.74) is 6.46. The molecule has 0 spiro atoms. The summed E-state index contributed by atoms with van der Waals surface area (Å²) in [6.45, 7) is 15.4. The molecule has 5 aliphatic carbocycles. The molecule has 2 aliphatic heterocycles. The number of aliphatic hydroxyl groups is 5. The number of fused-ring (bicyclic) bond motifs is 7. The van der Waals surface area contributed by atoms with Gasteiger partial charge in [-0.05, 0) is 145 Å². The zero-order chi connectivity index (χ0) is 58.9. The number of amides is 2. The number of hydrogen-bond acceptors (Lipinski definition) is 18. The lowest BCUT2D eigenvalue weighted by Crippen LogP contribution is -2.68. The van der Waals surface area contributed by atoms with Gasteiger partial charge < -0.3 is 59.0 Å². The molecule has 20 nitrogen and oxygen atoms in total. The molecule has 0 bridgehead atoms. The number of benzene rings is 2. The van der Waals surface area contributed by atoms with Crippen molar-refractivity contribution in [2.24, 2.45) is 60.4 Å². The summed E-state index contributed by atoms with van der Waals surface area (Å²) in [5, 5.41) is 65.4. The van der Waals surface area contributed by atoms with Crippen LogP contribution in [0, 0.1) is 50.2 Å². The number of nitrogens with zero attached hydrogens (tertiary/aromatic N) is 4. The summed E-state index contributed by atoms with van der Waals surface area (Å²) in [5.74, 6) is -2.39. The first-order valence-electron chi connectivity index (χ1n) is 28.6. The fourth-order valence-corrected chi connectivity index (χ4v) is 15.8. The molecule has 0 aromatic heterocycles. The van der Waals surface area contributed by atoms with Gasteiger partial charge in [-0.1, -0.05) is 71.4 Å². The number of ketones is 1. The zero-order valence-corrected chi connectivity index (χ0v) is 49.0. The van der Waals surface area contributed by atoms with Crippen LogP contribution < -0.4 is 20.7 Å². The van der Waals surface area contributed by atoms with Crippen LogP contribution in [-0.2, 0) is 42.9 Å². The molecule has 20 heteroatoms. The number of aliphatic hydroxyl groups excluding tert-OH is 5. The van der Waals surface area contributed by atoms with E-state index in [-0.39, 0.29) is 40.3 Å². The summed E-state index contributed by atoms with van der Waals surface area (Å²) in [7, 11) is 9.07. The van der Waals surface area contributed by atoms with E-state index in [1.807, 2.05) is 87.4 Å². The molecule has 2 saturated heterocycles. The highest BCUT2D eigenvalue weighted by Gasteiger charge is 2.71. The van der Waals surface area contributed by atoms with Crippen molar-refractivity contribution in [3.63, 3.8) is 0 Å². The third-order valence-electron chi connectivity index (χ3n) is 21.0. The zero-order valence-electron chi connectivity index (χ0n) is 49.0. The summed E-state index contributed by atoms with van der Waals surface area (Å²) in [6.07, 6.45) is -8.18. The molecule has 6 fully saturated rings.